The Labute approximate surface area is 234 Å². The van der Waals surface area contributed by atoms with Gasteiger partial charge in [-0.15, -0.1) is 0 Å². The average Bonchev–Trinajstić information content (AvgIpc) is 3.84. The number of nitrogens with zero attached hydrogens (tertiary/aromatic N) is 4. The van der Waals surface area contributed by atoms with Crippen molar-refractivity contribution in [1.29, 1.82) is 0 Å². The summed E-state index contributed by atoms with van der Waals surface area (Å²) >= 11 is 0. The van der Waals surface area contributed by atoms with Crippen LogP contribution in [0.3, 0.4) is 0 Å². The van der Waals surface area contributed by atoms with Gasteiger partial charge in [0, 0.05) is 49.9 Å². The lowest BCUT2D eigenvalue weighted by Crippen LogP contribution is -2.38. The van der Waals surface area contributed by atoms with Crippen molar-refractivity contribution in [2.24, 2.45) is 25.9 Å². The summed E-state index contributed by atoms with van der Waals surface area (Å²) in [5.41, 5.74) is 0.565. The van der Waals surface area contributed by atoms with E-state index in [4.69, 9.17) is 4.42 Å². The molecule has 41 heavy (non-hydrogen) atoms. The van der Waals surface area contributed by atoms with E-state index in [1.165, 1.54) is 23.2 Å². The van der Waals surface area contributed by atoms with Gasteiger partial charge < -0.3 is 14.3 Å². The lowest BCUT2D eigenvalue weighted by molar-refractivity contribution is -0.119. The number of rotatable bonds is 9. The van der Waals surface area contributed by atoms with Crippen LogP contribution in [0, 0.1) is 11.8 Å². The Bertz CT molecular complexity index is 1930. The summed E-state index contributed by atoms with van der Waals surface area (Å²) in [6, 6.07) is 8.83. The van der Waals surface area contributed by atoms with E-state index in [0.29, 0.717) is 22.8 Å². The molecule has 4 aromatic rings. The second-order valence-corrected chi connectivity index (χ2v) is 12.9. The van der Waals surface area contributed by atoms with Gasteiger partial charge in [0.1, 0.15) is 17.3 Å². The molecular weight excluding hydrogens is 550 g/mol. The van der Waals surface area contributed by atoms with E-state index < -0.39 is 21.1 Å². The molecule has 1 amide bonds. The number of nitrogens with one attached hydrogen (secondary N) is 1. The molecule has 13 heteroatoms. The minimum atomic E-state index is -3.78. The second-order valence-electron chi connectivity index (χ2n) is 11.0. The van der Waals surface area contributed by atoms with Gasteiger partial charge in [-0.05, 0) is 61.6 Å². The number of sulfone groups is 1. The molecule has 0 radical (unpaired) electrons. The number of hydrogen-bond acceptors (Lipinski definition) is 8. The van der Waals surface area contributed by atoms with Crippen molar-refractivity contribution in [2.45, 2.75) is 43.8 Å². The molecule has 0 spiro atoms. The maximum atomic E-state index is 13.1. The Morgan fingerprint density at radius 2 is 1.73 bits per heavy atom. The molecule has 2 aliphatic rings. The number of Topliss-reactive ketones (excluding diaryl/α,β-unsaturated/α-hetero) is 1. The van der Waals surface area contributed by atoms with E-state index >= 15 is 0 Å². The summed E-state index contributed by atoms with van der Waals surface area (Å²) in [5, 5.41) is 2.62. The first-order valence-corrected chi connectivity index (χ1v) is 15.2. The molecule has 3 aromatic heterocycles. The highest BCUT2D eigenvalue weighted by Crippen LogP contribution is 2.34. The number of carbonyl (C=O) groups is 2. The molecule has 2 saturated carbocycles. The highest BCUT2D eigenvalue weighted by molar-refractivity contribution is 7.90. The van der Waals surface area contributed by atoms with E-state index in [-0.39, 0.29) is 52.8 Å². The van der Waals surface area contributed by atoms with Crippen LogP contribution >= 0.6 is 0 Å². The lowest BCUT2D eigenvalue weighted by atomic mass is 10.0. The Morgan fingerprint density at radius 3 is 2.39 bits per heavy atom. The number of aryl methyl sites for hydroxylation is 1. The average molecular weight is 580 g/mol. The van der Waals surface area contributed by atoms with Gasteiger partial charge in [-0.3, -0.25) is 23.5 Å². The summed E-state index contributed by atoms with van der Waals surface area (Å²) in [5.74, 6) is 1.04. The van der Waals surface area contributed by atoms with Crippen LogP contribution in [0.2, 0.25) is 0 Å². The largest absolute Gasteiger partial charge is 0.459 e. The molecule has 0 bridgehead atoms. The number of benzene rings is 1. The van der Waals surface area contributed by atoms with Gasteiger partial charge in [0.2, 0.25) is 20.9 Å². The number of hydrogen-bond donors (Lipinski definition) is 1. The SMILES string of the molecule is Cn1c(=O)c2c(nc(S(C)(=O)=O)n2C)n(Cc2ccc(-c3cc(CC(=O)C4CC4)cc(NC(=O)C4CC4)c3)o2)c1=O. The van der Waals surface area contributed by atoms with E-state index in [0.717, 1.165) is 42.1 Å². The van der Waals surface area contributed by atoms with Gasteiger partial charge in [-0.25, -0.2) is 13.2 Å². The maximum absolute atomic E-state index is 13.1. The monoisotopic (exact) mass is 579 g/mol. The predicted molar refractivity (Wildman–Crippen MR) is 149 cm³/mol. The zero-order valence-electron chi connectivity index (χ0n) is 22.8. The maximum Gasteiger partial charge on any atom is 0.332 e. The smallest absolute Gasteiger partial charge is 0.332 e. The Morgan fingerprint density at radius 1 is 1.02 bits per heavy atom. The highest BCUT2D eigenvalue weighted by Gasteiger charge is 2.31. The summed E-state index contributed by atoms with van der Waals surface area (Å²) in [7, 11) is -1.05. The predicted octanol–water partition coefficient (Wildman–Crippen LogP) is 2.02. The van der Waals surface area contributed by atoms with Crippen molar-refractivity contribution in [2.75, 3.05) is 11.6 Å². The molecule has 1 aromatic carbocycles. The minimum absolute atomic E-state index is 0.0113. The van der Waals surface area contributed by atoms with Crippen molar-refractivity contribution in [3.63, 3.8) is 0 Å². The Kier molecular flexibility index (Phi) is 6.36. The van der Waals surface area contributed by atoms with Gasteiger partial charge in [0.15, 0.2) is 11.2 Å². The van der Waals surface area contributed by atoms with Crippen LogP contribution in [0.15, 0.2) is 49.5 Å². The van der Waals surface area contributed by atoms with Crippen LogP contribution in [-0.4, -0.2) is 45.0 Å². The van der Waals surface area contributed by atoms with Gasteiger partial charge in [-0.1, -0.05) is 0 Å². The lowest BCUT2D eigenvalue weighted by Gasteiger charge is -2.10. The topological polar surface area (TPSA) is 155 Å². The van der Waals surface area contributed by atoms with E-state index in [1.54, 1.807) is 18.2 Å². The quantitative estimate of drug-likeness (QED) is 0.316. The van der Waals surface area contributed by atoms with Gasteiger partial charge >= 0.3 is 5.69 Å². The first-order valence-electron chi connectivity index (χ1n) is 13.3. The molecule has 0 aliphatic heterocycles. The number of carbonyl (C=O) groups excluding carboxylic acids is 2. The summed E-state index contributed by atoms with van der Waals surface area (Å²) in [4.78, 5) is 55.1. The van der Waals surface area contributed by atoms with Crippen LogP contribution in [-0.2, 0) is 46.5 Å². The van der Waals surface area contributed by atoms with Crippen LogP contribution in [0.1, 0.15) is 37.0 Å². The number of amides is 1. The number of fused-ring (bicyclic) bond motifs is 1. The third-order valence-electron chi connectivity index (χ3n) is 7.53. The zero-order valence-corrected chi connectivity index (χ0v) is 23.7. The second kappa shape index (κ2) is 9.68. The van der Waals surface area contributed by atoms with Gasteiger partial charge in [0.25, 0.3) is 5.56 Å². The molecule has 6 rings (SSSR count). The number of imidazole rings is 1. The molecule has 3 heterocycles. The first kappa shape index (κ1) is 26.9. The highest BCUT2D eigenvalue weighted by atomic mass is 32.2. The molecule has 0 atom stereocenters. The third kappa shape index (κ3) is 5.17. The molecule has 2 fully saturated rings. The fourth-order valence-corrected chi connectivity index (χ4v) is 5.85. The van der Waals surface area contributed by atoms with Crippen LogP contribution in [0.25, 0.3) is 22.5 Å². The molecular formula is C28H29N5O7S. The van der Waals surface area contributed by atoms with Gasteiger partial charge in [0.05, 0.1) is 6.54 Å². The fraction of sp³-hybridized carbons (Fsp3) is 0.393. The van der Waals surface area contributed by atoms with Crippen LogP contribution < -0.4 is 16.6 Å². The van der Waals surface area contributed by atoms with Gasteiger partial charge in [-0.2, -0.15) is 4.98 Å². The molecule has 1 N–H and O–H groups in total. The van der Waals surface area contributed by atoms with Crippen molar-refractivity contribution in [1.82, 2.24) is 18.7 Å². The molecule has 12 nitrogen and oxygen atoms in total. The number of anilines is 1. The number of aromatic nitrogens is 4. The third-order valence-corrected chi connectivity index (χ3v) is 8.56. The number of furan rings is 1. The van der Waals surface area contributed by atoms with Crippen LogP contribution in [0.5, 0.6) is 0 Å². The van der Waals surface area contributed by atoms with E-state index in [9.17, 15) is 27.6 Å². The van der Waals surface area contributed by atoms with E-state index in [1.807, 2.05) is 12.1 Å². The standard InChI is InChI=1S/C28H29N5O7S/c1-31-23-24(30-27(31)41(3,38)39)33(28(37)32(2)26(23)36)14-20-8-9-22(40-20)18-10-15(12-21(34)16-4-5-16)11-19(13-18)29-25(35)17-6-7-17/h8-11,13,16-17H,4-7,12,14H2,1-3H3,(H,29,35). The van der Waals surface area contributed by atoms with Crippen molar-refractivity contribution in [3.05, 3.63) is 62.5 Å². The first-order chi connectivity index (χ1) is 19.4. The summed E-state index contributed by atoms with van der Waals surface area (Å²) in [6.07, 6.45) is 4.77. The van der Waals surface area contributed by atoms with Crippen molar-refractivity contribution in [3.8, 4) is 11.3 Å². The molecule has 0 saturated heterocycles. The molecule has 214 valence electrons. The van der Waals surface area contributed by atoms with Crippen LogP contribution in [0.4, 0.5) is 5.69 Å². The minimum Gasteiger partial charge on any atom is -0.459 e. The molecule has 2 aliphatic carbocycles. The Hall–Kier alpha value is -4.26. The fourth-order valence-electron chi connectivity index (χ4n) is 5.01. The molecule has 0 unspecified atom stereocenters. The number of ketones is 1. The summed E-state index contributed by atoms with van der Waals surface area (Å²) in [6.45, 7) is -0.116. The normalized spacial score (nSPS) is 15.4. The van der Waals surface area contributed by atoms with Crippen molar-refractivity contribution < 1.29 is 22.4 Å². The van der Waals surface area contributed by atoms with Crippen molar-refractivity contribution >= 4 is 38.4 Å². The van der Waals surface area contributed by atoms with E-state index in [2.05, 4.69) is 10.3 Å². The Balaban J connectivity index is 1.37. The summed E-state index contributed by atoms with van der Waals surface area (Å²) < 4.78 is 33.9. The zero-order chi connectivity index (χ0) is 29.2.